The first-order chi connectivity index (χ1) is 9.76. The maximum atomic E-state index is 11.0. The molecule has 0 aliphatic heterocycles. The van der Waals surface area contributed by atoms with E-state index >= 15 is 0 Å². The molecule has 5 nitrogen and oxygen atoms in total. The molecule has 0 aliphatic carbocycles. The highest BCUT2D eigenvalue weighted by Crippen LogP contribution is 2.01. The molecule has 1 atom stereocenters. The van der Waals surface area contributed by atoms with Gasteiger partial charge in [-0.25, -0.2) is 4.79 Å². The Bertz CT molecular complexity index is 465. The highest BCUT2D eigenvalue weighted by Gasteiger charge is 2.10. The van der Waals surface area contributed by atoms with Crippen LogP contribution in [0.1, 0.15) is 12.5 Å². The van der Waals surface area contributed by atoms with E-state index in [0.29, 0.717) is 13.2 Å². The van der Waals surface area contributed by atoms with E-state index in [1.165, 1.54) is 6.08 Å². The van der Waals surface area contributed by atoms with Gasteiger partial charge in [-0.2, -0.15) is 5.26 Å². The second kappa shape index (κ2) is 9.59. The number of carbonyl (C=O) groups excluding carboxylic acids is 1. The van der Waals surface area contributed by atoms with Gasteiger partial charge >= 0.3 is 6.16 Å². The van der Waals surface area contributed by atoms with Crippen molar-refractivity contribution < 1.29 is 19.0 Å². The fourth-order valence-corrected chi connectivity index (χ4v) is 1.36. The Hall–Kier alpha value is -2.32. The number of nitriles is 1. The quantitative estimate of drug-likeness (QED) is 0.435. The van der Waals surface area contributed by atoms with Gasteiger partial charge in [0.15, 0.2) is 0 Å². The summed E-state index contributed by atoms with van der Waals surface area (Å²) in [5.74, 6) is 0. The lowest BCUT2D eigenvalue weighted by molar-refractivity contribution is 0.0532. The zero-order chi connectivity index (χ0) is 14.6. The van der Waals surface area contributed by atoms with Gasteiger partial charge in [-0.15, -0.1) is 0 Å². The van der Waals surface area contributed by atoms with Crippen molar-refractivity contribution in [2.45, 2.75) is 19.6 Å². The molecule has 0 fully saturated rings. The van der Waals surface area contributed by atoms with Crippen LogP contribution in [0.3, 0.4) is 0 Å². The van der Waals surface area contributed by atoms with Crippen LogP contribution in [0, 0.1) is 11.3 Å². The van der Waals surface area contributed by atoms with Crippen LogP contribution in [0.4, 0.5) is 4.79 Å². The molecule has 0 bridgehead atoms. The van der Waals surface area contributed by atoms with Crippen molar-refractivity contribution in [3.8, 4) is 6.07 Å². The van der Waals surface area contributed by atoms with Crippen LogP contribution >= 0.6 is 0 Å². The molecule has 5 heteroatoms. The van der Waals surface area contributed by atoms with Gasteiger partial charge in [-0.3, -0.25) is 0 Å². The van der Waals surface area contributed by atoms with Crippen LogP contribution in [0.2, 0.25) is 0 Å². The minimum absolute atomic E-state index is 0.209. The van der Waals surface area contributed by atoms with Crippen LogP contribution in [0.25, 0.3) is 0 Å². The largest absolute Gasteiger partial charge is 0.509 e. The topological polar surface area (TPSA) is 68.5 Å². The third-order valence-electron chi connectivity index (χ3n) is 2.25. The summed E-state index contributed by atoms with van der Waals surface area (Å²) in [6.45, 7) is 2.69. The van der Waals surface area contributed by atoms with E-state index < -0.39 is 12.3 Å². The maximum absolute atomic E-state index is 11.0. The average molecular weight is 275 g/mol. The number of hydrogen-bond acceptors (Lipinski definition) is 5. The average Bonchev–Trinajstić information content (AvgIpc) is 2.47. The predicted molar refractivity (Wildman–Crippen MR) is 72.7 cm³/mol. The van der Waals surface area contributed by atoms with Crippen molar-refractivity contribution in [3.05, 3.63) is 48.0 Å². The first-order valence-electron chi connectivity index (χ1n) is 6.27. The molecule has 1 aromatic carbocycles. The lowest BCUT2D eigenvalue weighted by Crippen LogP contribution is -2.15. The molecule has 0 saturated carbocycles. The molecule has 1 unspecified atom stereocenters. The number of hydrogen-bond donors (Lipinski definition) is 0. The minimum atomic E-state index is -0.964. The Kier molecular flexibility index (Phi) is 7.55. The third kappa shape index (κ3) is 6.57. The van der Waals surface area contributed by atoms with Crippen molar-refractivity contribution in [2.24, 2.45) is 0 Å². The zero-order valence-corrected chi connectivity index (χ0v) is 11.3. The van der Waals surface area contributed by atoms with Gasteiger partial charge in [-0.05, 0) is 18.6 Å². The highest BCUT2D eigenvalue weighted by molar-refractivity contribution is 5.60. The maximum Gasteiger partial charge on any atom is 0.509 e. The number of rotatable bonds is 7. The van der Waals surface area contributed by atoms with Crippen LogP contribution in [0.5, 0.6) is 0 Å². The molecular formula is C15H17NO4. The van der Waals surface area contributed by atoms with Crippen molar-refractivity contribution in [2.75, 3.05) is 13.2 Å². The molecule has 0 aromatic heterocycles. The first kappa shape index (κ1) is 15.7. The molecule has 0 N–H and O–H groups in total. The van der Waals surface area contributed by atoms with Crippen molar-refractivity contribution in [3.63, 3.8) is 0 Å². The molecule has 0 aliphatic rings. The smallest absolute Gasteiger partial charge is 0.435 e. The van der Waals surface area contributed by atoms with Gasteiger partial charge in [0.25, 0.3) is 0 Å². The molecular weight excluding hydrogens is 258 g/mol. The molecule has 0 heterocycles. The van der Waals surface area contributed by atoms with E-state index in [4.69, 9.17) is 14.7 Å². The molecule has 1 rings (SSSR count). The predicted octanol–water partition coefficient (Wildman–Crippen LogP) is 2.82. The molecule has 20 heavy (non-hydrogen) atoms. The van der Waals surface area contributed by atoms with Crippen LogP contribution in [-0.4, -0.2) is 25.5 Å². The lowest BCUT2D eigenvalue weighted by atomic mass is 10.2. The summed E-state index contributed by atoms with van der Waals surface area (Å²) in [7, 11) is 0. The van der Waals surface area contributed by atoms with E-state index in [1.807, 2.05) is 36.4 Å². The zero-order valence-electron chi connectivity index (χ0n) is 11.3. The second-order valence-corrected chi connectivity index (χ2v) is 3.78. The van der Waals surface area contributed by atoms with E-state index in [9.17, 15) is 4.79 Å². The Morgan fingerprint density at radius 3 is 2.80 bits per heavy atom. The highest BCUT2D eigenvalue weighted by atomic mass is 16.7. The molecule has 0 radical (unpaired) electrons. The van der Waals surface area contributed by atoms with E-state index in [1.54, 1.807) is 13.0 Å². The third-order valence-corrected chi connectivity index (χ3v) is 2.25. The van der Waals surface area contributed by atoms with Gasteiger partial charge in [0, 0.05) is 0 Å². The number of benzene rings is 1. The van der Waals surface area contributed by atoms with Crippen LogP contribution < -0.4 is 0 Å². The Morgan fingerprint density at radius 2 is 2.15 bits per heavy atom. The summed E-state index contributed by atoms with van der Waals surface area (Å²) in [5.41, 5.74) is 1.07. The van der Waals surface area contributed by atoms with Gasteiger partial charge in [0.2, 0.25) is 6.10 Å². The van der Waals surface area contributed by atoms with Crippen molar-refractivity contribution in [1.29, 1.82) is 5.26 Å². The minimum Gasteiger partial charge on any atom is -0.435 e. The lowest BCUT2D eigenvalue weighted by Gasteiger charge is -2.06. The van der Waals surface area contributed by atoms with Gasteiger partial charge in [-0.1, -0.05) is 36.4 Å². The number of nitrogens with zero attached hydrogens (tertiary/aromatic N) is 1. The standard InChI is InChI=1S/C15H17NO4/c1-2-19-15(17)20-14(11-16)9-6-10-18-12-13-7-4-3-5-8-13/h3-9,14H,2,10,12H2,1H3/b9-6+. The molecule has 0 saturated heterocycles. The Labute approximate surface area is 118 Å². The summed E-state index contributed by atoms with van der Waals surface area (Å²) in [6.07, 6.45) is 1.28. The summed E-state index contributed by atoms with van der Waals surface area (Å²) < 4.78 is 14.7. The molecule has 106 valence electrons. The van der Waals surface area contributed by atoms with Gasteiger partial charge in [0.1, 0.15) is 6.07 Å². The van der Waals surface area contributed by atoms with Crippen LogP contribution in [-0.2, 0) is 20.8 Å². The fourth-order valence-electron chi connectivity index (χ4n) is 1.36. The Balaban J connectivity index is 2.25. The summed E-state index contributed by atoms with van der Waals surface area (Å²) in [6, 6.07) is 11.6. The summed E-state index contributed by atoms with van der Waals surface area (Å²) >= 11 is 0. The first-order valence-corrected chi connectivity index (χ1v) is 6.27. The normalized spacial score (nSPS) is 11.8. The van der Waals surface area contributed by atoms with Crippen molar-refractivity contribution >= 4 is 6.16 Å². The van der Waals surface area contributed by atoms with E-state index in [2.05, 4.69) is 4.74 Å². The van der Waals surface area contributed by atoms with E-state index in [0.717, 1.165) is 5.56 Å². The molecule has 1 aromatic rings. The molecule has 0 spiro atoms. The van der Waals surface area contributed by atoms with E-state index in [-0.39, 0.29) is 6.61 Å². The Morgan fingerprint density at radius 1 is 1.40 bits per heavy atom. The van der Waals surface area contributed by atoms with Gasteiger partial charge in [0.05, 0.1) is 19.8 Å². The van der Waals surface area contributed by atoms with Crippen molar-refractivity contribution in [1.82, 2.24) is 0 Å². The second-order valence-electron chi connectivity index (χ2n) is 3.78. The summed E-state index contributed by atoms with van der Waals surface area (Å²) in [4.78, 5) is 11.0. The SMILES string of the molecule is CCOC(=O)OC(C#N)/C=C/COCc1ccccc1. The number of carbonyl (C=O) groups is 1. The fraction of sp³-hybridized carbons (Fsp3) is 0.333. The van der Waals surface area contributed by atoms with Crippen LogP contribution in [0.15, 0.2) is 42.5 Å². The monoisotopic (exact) mass is 275 g/mol. The summed E-state index contributed by atoms with van der Waals surface area (Å²) in [5, 5.41) is 8.80. The number of ether oxygens (including phenoxy) is 3. The molecule has 0 amide bonds. The van der Waals surface area contributed by atoms with Gasteiger partial charge < -0.3 is 14.2 Å².